The van der Waals surface area contributed by atoms with Gasteiger partial charge in [-0.2, -0.15) is 0 Å². The van der Waals surface area contributed by atoms with Crippen molar-refractivity contribution in [3.63, 3.8) is 0 Å². The molecule has 0 spiro atoms. The van der Waals surface area contributed by atoms with E-state index in [-0.39, 0.29) is 11.5 Å². The van der Waals surface area contributed by atoms with E-state index >= 15 is 0 Å². The summed E-state index contributed by atoms with van der Waals surface area (Å²) in [5, 5.41) is 3.70. The summed E-state index contributed by atoms with van der Waals surface area (Å²) in [4.78, 5) is 0. The molecule has 0 aliphatic carbocycles. The molecule has 0 saturated carbocycles. The minimum absolute atomic E-state index is 0.148. The molecular formula is C34H36OSi. The van der Waals surface area contributed by atoms with E-state index in [1.807, 2.05) is 6.08 Å². The summed E-state index contributed by atoms with van der Waals surface area (Å²) in [5.41, 5.74) is 2.11. The summed E-state index contributed by atoms with van der Waals surface area (Å²) >= 11 is 0. The minimum Gasteiger partial charge on any atom is -0.397 e. The van der Waals surface area contributed by atoms with Gasteiger partial charge in [-0.15, -0.1) is 6.58 Å². The van der Waals surface area contributed by atoms with E-state index in [0.29, 0.717) is 0 Å². The van der Waals surface area contributed by atoms with Crippen LogP contribution in [0.15, 0.2) is 146 Å². The van der Waals surface area contributed by atoms with Crippen molar-refractivity contribution in [2.75, 3.05) is 0 Å². The second-order valence-electron chi connectivity index (χ2n) is 9.86. The van der Waals surface area contributed by atoms with Gasteiger partial charge < -0.3 is 4.43 Å². The van der Waals surface area contributed by atoms with Crippen molar-refractivity contribution in [1.82, 2.24) is 0 Å². The number of allylic oxidation sites excluding steroid dienone is 1. The molecular weight excluding hydrogens is 452 g/mol. The summed E-state index contributed by atoms with van der Waals surface area (Å²) in [6.45, 7) is 13.1. The van der Waals surface area contributed by atoms with E-state index in [2.05, 4.69) is 148 Å². The van der Waals surface area contributed by atoms with Gasteiger partial charge in [-0.05, 0) is 39.5 Å². The van der Waals surface area contributed by atoms with Gasteiger partial charge in [0.15, 0.2) is 0 Å². The first kappa shape index (κ1) is 25.6. The Morgan fingerprint density at radius 2 is 1.11 bits per heavy atom. The van der Waals surface area contributed by atoms with E-state index < -0.39 is 8.32 Å². The Balaban J connectivity index is 1.88. The van der Waals surface area contributed by atoms with Crippen LogP contribution in [0.5, 0.6) is 0 Å². The highest BCUT2D eigenvalue weighted by atomic mass is 28.4. The molecule has 36 heavy (non-hydrogen) atoms. The zero-order valence-corrected chi connectivity index (χ0v) is 22.4. The van der Waals surface area contributed by atoms with E-state index in [4.69, 9.17) is 4.43 Å². The molecule has 2 heteroatoms. The first-order chi connectivity index (χ1) is 17.5. The van der Waals surface area contributed by atoms with Crippen LogP contribution in [0, 0.1) is 5.41 Å². The highest BCUT2D eigenvalue weighted by Crippen LogP contribution is 2.33. The highest BCUT2D eigenvalue weighted by Gasteiger charge is 2.45. The summed E-state index contributed by atoms with van der Waals surface area (Å²) in [7, 11) is -2.87. The Kier molecular flexibility index (Phi) is 8.20. The Labute approximate surface area is 217 Å². The summed E-state index contributed by atoms with van der Waals surface area (Å²) in [6.07, 6.45) is 3.61. The van der Waals surface area contributed by atoms with Crippen LogP contribution in [0.4, 0.5) is 0 Å². The molecule has 1 atom stereocenters. The van der Waals surface area contributed by atoms with E-state index in [1.54, 1.807) is 0 Å². The summed E-state index contributed by atoms with van der Waals surface area (Å²) in [5.74, 6) is 0. The monoisotopic (exact) mass is 488 g/mol. The Morgan fingerprint density at radius 1 is 0.722 bits per heavy atom. The topological polar surface area (TPSA) is 9.23 Å². The molecule has 0 radical (unpaired) electrons. The van der Waals surface area contributed by atoms with Crippen molar-refractivity contribution < 1.29 is 4.43 Å². The van der Waals surface area contributed by atoms with Crippen molar-refractivity contribution >= 4 is 23.9 Å². The lowest BCUT2D eigenvalue weighted by Crippen LogP contribution is -2.70. The zero-order valence-electron chi connectivity index (χ0n) is 21.4. The van der Waals surface area contributed by atoms with Gasteiger partial charge >= 0.3 is 0 Å². The van der Waals surface area contributed by atoms with Crippen LogP contribution in [0.3, 0.4) is 0 Å². The Bertz CT molecular complexity index is 1150. The normalized spacial score (nSPS) is 12.6. The smallest absolute Gasteiger partial charge is 0.288 e. The fourth-order valence-electron chi connectivity index (χ4n) is 4.73. The van der Waals surface area contributed by atoms with E-state index in [1.165, 1.54) is 21.1 Å². The molecule has 0 aliphatic rings. The fourth-order valence-corrected chi connectivity index (χ4v) is 8.81. The number of hydrogen-bond acceptors (Lipinski definition) is 1. The van der Waals surface area contributed by atoms with Crippen LogP contribution in [0.1, 0.15) is 25.8 Å². The number of rotatable bonds is 11. The van der Waals surface area contributed by atoms with Gasteiger partial charge in [0, 0.05) is 5.41 Å². The van der Waals surface area contributed by atoms with Crippen LogP contribution >= 0.6 is 0 Å². The van der Waals surface area contributed by atoms with Crippen molar-refractivity contribution in [2.24, 2.45) is 5.41 Å². The first-order valence-electron chi connectivity index (χ1n) is 12.7. The van der Waals surface area contributed by atoms with E-state index in [9.17, 15) is 0 Å². The van der Waals surface area contributed by atoms with Crippen LogP contribution in [-0.2, 0) is 10.8 Å². The van der Waals surface area contributed by atoms with Gasteiger partial charge in [0.1, 0.15) is 0 Å². The predicted octanol–water partition coefficient (Wildman–Crippen LogP) is 6.44. The lowest BCUT2D eigenvalue weighted by Gasteiger charge is -2.40. The maximum absolute atomic E-state index is 7.56. The molecule has 0 aliphatic heterocycles. The summed E-state index contributed by atoms with van der Waals surface area (Å²) < 4.78 is 7.56. The first-order valence-corrected chi connectivity index (χ1v) is 14.6. The molecule has 4 aromatic carbocycles. The van der Waals surface area contributed by atoms with Gasteiger partial charge in [-0.25, -0.2) is 0 Å². The third-order valence-electron chi connectivity index (χ3n) is 7.12. The molecule has 0 N–H and O–H groups in total. The molecule has 0 heterocycles. The molecule has 1 nitrogen and oxygen atoms in total. The van der Waals surface area contributed by atoms with Crippen molar-refractivity contribution in [3.05, 3.63) is 152 Å². The third kappa shape index (κ3) is 5.51. The lowest BCUT2D eigenvalue weighted by atomic mass is 9.81. The molecule has 0 saturated heterocycles. The second kappa shape index (κ2) is 11.5. The van der Waals surface area contributed by atoms with Gasteiger partial charge in [0.2, 0.25) is 0 Å². The highest BCUT2D eigenvalue weighted by molar-refractivity contribution is 7.07. The maximum atomic E-state index is 7.56. The van der Waals surface area contributed by atoms with Crippen LogP contribution in [0.25, 0.3) is 0 Å². The van der Waals surface area contributed by atoms with Gasteiger partial charge in [-0.3, -0.25) is 0 Å². The lowest BCUT2D eigenvalue weighted by molar-refractivity contribution is 0.207. The molecule has 4 aromatic rings. The van der Waals surface area contributed by atoms with Gasteiger partial charge in [0.25, 0.3) is 8.32 Å². The Hall–Kier alpha value is -3.46. The molecule has 1 unspecified atom stereocenters. The molecule has 0 aromatic heterocycles. The summed E-state index contributed by atoms with van der Waals surface area (Å²) in [6, 6.07) is 42.9. The molecule has 0 fully saturated rings. The Morgan fingerprint density at radius 3 is 1.50 bits per heavy atom. The molecule has 0 bridgehead atoms. The van der Waals surface area contributed by atoms with Gasteiger partial charge in [0.05, 0.1) is 6.10 Å². The second-order valence-corrected chi connectivity index (χ2v) is 13.2. The van der Waals surface area contributed by atoms with Crippen LogP contribution in [0.2, 0.25) is 0 Å². The van der Waals surface area contributed by atoms with E-state index in [0.717, 1.165) is 18.4 Å². The zero-order chi connectivity index (χ0) is 25.4. The third-order valence-corrected chi connectivity index (χ3v) is 11.2. The fraction of sp³-hybridized carbons (Fsp3) is 0.176. The molecule has 182 valence electrons. The number of benzene rings is 4. The average molecular weight is 489 g/mol. The molecule has 4 rings (SSSR count). The van der Waals surface area contributed by atoms with Crippen LogP contribution in [-0.4, -0.2) is 14.4 Å². The number of hydrogen-bond donors (Lipinski definition) is 0. The standard InChI is InChI=1S/C34H36OSi/c1-5-34(3,4)28(2)33(27-26-29-18-10-6-11-19-29)35-36(30-20-12-7-13-21-30,31-22-14-8-15-23-31)32-24-16-9-17-25-32/h5-25,33H,1-2,26-27H2,3-4H3. The van der Waals surface area contributed by atoms with Crippen molar-refractivity contribution in [3.8, 4) is 0 Å². The largest absolute Gasteiger partial charge is 0.397 e. The SMILES string of the molecule is C=CC(C)(C)C(=C)C(CCc1ccccc1)O[Si](c1ccccc1)(c1ccccc1)c1ccccc1. The molecule has 0 amide bonds. The minimum atomic E-state index is -2.87. The van der Waals surface area contributed by atoms with Crippen molar-refractivity contribution in [2.45, 2.75) is 32.8 Å². The maximum Gasteiger partial charge on any atom is 0.288 e. The van der Waals surface area contributed by atoms with Crippen LogP contribution < -0.4 is 15.6 Å². The van der Waals surface area contributed by atoms with Crippen molar-refractivity contribution in [1.29, 1.82) is 0 Å². The average Bonchev–Trinajstić information content (AvgIpc) is 2.95. The van der Waals surface area contributed by atoms with Gasteiger partial charge in [-0.1, -0.05) is 148 Å². The quantitative estimate of drug-likeness (QED) is 0.134. The predicted molar refractivity (Wildman–Crippen MR) is 157 cm³/mol. The number of aryl methyl sites for hydroxylation is 1.